The Balaban J connectivity index is 1.61. The predicted octanol–water partition coefficient (Wildman–Crippen LogP) is 2.22. The van der Waals surface area contributed by atoms with Crippen LogP contribution >= 0.6 is 11.8 Å². The largest absolute Gasteiger partial charge is 0.497 e. The van der Waals surface area contributed by atoms with Crippen molar-refractivity contribution in [3.05, 3.63) is 65.5 Å². The standard InChI is InChI=1S/C23H25N5O5S/c1-14(30)16-5-4-6-17(11-16)24-20(31)13-34-23-27-26-21(28(23)2)19(12-29)25-22(32)15-7-9-18(33-3)10-8-15/h4-11,19,29H,12-13H2,1-3H3,(H,24,31)(H,25,32). The number of carbonyl (C=O) groups is 3. The number of nitrogens with one attached hydrogen (secondary N) is 2. The van der Waals surface area contributed by atoms with Crippen LogP contribution in [0.2, 0.25) is 0 Å². The molecule has 178 valence electrons. The number of rotatable bonds is 10. The third kappa shape index (κ3) is 6.21. The molecule has 1 aromatic heterocycles. The number of anilines is 1. The molecule has 3 N–H and O–H groups in total. The lowest BCUT2D eigenvalue weighted by Gasteiger charge is -2.16. The van der Waals surface area contributed by atoms with Crippen molar-refractivity contribution in [2.45, 2.75) is 18.1 Å². The lowest BCUT2D eigenvalue weighted by molar-refractivity contribution is -0.113. The molecule has 0 saturated heterocycles. The highest BCUT2D eigenvalue weighted by Gasteiger charge is 2.22. The third-order valence-electron chi connectivity index (χ3n) is 4.91. The van der Waals surface area contributed by atoms with Gasteiger partial charge in [-0.25, -0.2) is 0 Å². The van der Waals surface area contributed by atoms with Crippen LogP contribution in [0.4, 0.5) is 5.69 Å². The highest BCUT2D eigenvalue weighted by atomic mass is 32.2. The molecule has 3 aromatic rings. The first-order chi connectivity index (χ1) is 16.3. The van der Waals surface area contributed by atoms with Crippen molar-refractivity contribution in [3.8, 4) is 5.75 Å². The van der Waals surface area contributed by atoms with E-state index in [1.54, 1.807) is 60.1 Å². The van der Waals surface area contributed by atoms with Gasteiger partial charge in [0.1, 0.15) is 11.8 Å². The maximum Gasteiger partial charge on any atom is 0.251 e. The van der Waals surface area contributed by atoms with Crippen LogP contribution in [0.1, 0.15) is 39.5 Å². The number of thioether (sulfide) groups is 1. The summed E-state index contributed by atoms with van der Waals surface area (Å²) in [7, 11) is 3.23. The summed E-state index contributed by atoms with van der Waals surface area (Å²) in [6.07, 6.45) is 0. The van der Waals surface area contributed by atoms with Gasteiger partial charge in [0.25, 0.3) is 5.91 Å². The second kappa shape index (κ2) is 11.4. The van der Waals surface area contributed by atoms with Gasteiger partial charge in [0.05, 0.1) is 19.5 Å². The van der Waals surface area contributed by atoms with E-state index in [2.05, 4.69) is 20.8 Å². The summed E-state index contributed by atoms with van der Waals surface area (Å²) in [6, 6.07) is 12.5. The SMILES string of the molecule is COc1ccc(C(=O)NC(CO)c2nnc(SCC(=O)Nc3cccc(C(C)=O)c3)n2C)cc1. The van der Waals surface area contributed by atoms with Crippen LogP contribution in [0, 0.1) is 0 Å². The summed E-state index contributed by atoms with van der Waals surface area (Å²) in [5.41, 5.74) is 1.44. The molecule has 11 heteroatoms. The Labute approximate surface area is 200 Å². The molecule has 10 nitrogen and oxygen atoms in total. The van der Waals surface area contributed by atoms with Crippen LogP contribution in [0.3, 0.4) is 0 Å². The lowest BCUT2D eigenvalue weighted by Crippen LogP contribution is -2.32. The van der Waals surface area contributed by atoms with Gasteiger partial charge in [0.15, 0.2) is 16.8 Å². The fourth-order valence-electron chi connectivity index (χ4n) is 3.07. The maximum atomic E-state index is 12.6. The Morgan fingerprint density at radius 2 is 1.85 bits per heavy atom. The molecule has 0 radical (unpaired) electrons. The summed E-state index contributed by atoms with van der Waals surface area (Å²) in [6.45, 7) is 1.08. The van der Waals surface area contributed by atoms with Crippen LogP contribution < -0.4 is 15.4 Å². The Morgan fingerprint density at radius 1 is 1.12 bits per heavy atom. The summed E-state index contributed by atoms with van der Waals surface area (Å²) in [5.74, 6) is 0.280. The Bertz CT molecular complexity index is 1180. The second-order valence-electron chi connectivity index (χ2n) is 7.31. The molecular weight excluding hydrogens is 458 g/mol. The first kappa shape index (κ1) is 24.9. The number of hydrogen-bond donors (Lipinski definition) is 3. The summed E-state index contributed by atoms with van der Waals surface area (Å²) >= 11 is 1.16. The third-order valence-corrected chi connectivity index (χ3v) is 5.93. The Morgan fingerprint density at radius 3 is 2.50 bits per heavy atom. The summed E-state index contributed by atoms with van der Waals surface area (Å²) in [4.78, 5) is 36.4. The number of aromatic nitrogens is 3. The molecule has 0 saturated carbocycles. The highest BCUT2D eigenvalue weighted by molar-refractivity contribution is 7.99. The molecule has 34 heavy (non-hydrogen) atoms. The molecule has 0 aliphatic carbocycles. The number of methoxy groups -OCH3 is 1. The average Bonchev–Trinajstić information content (AvgIpc) is 3.21. The molecule has 1 heterocycles. The zero-order valence-corrected chi connectivity index (χ0v) is 19.8. The molecule has 1 atom stereocenters. The molecule has 2 aromatic carbocycles. The number of Topliss-reactive ketones (excluding diaryl/α,β-unsaturated/α-hetero) is 1. The average molecular weight is 484 g/mol. The number of aliphatic hydroxyl groups excluding tert-OH is 1. The van der Waals surface area contributed by atoms with E-state index in [1.807, 2.05) is 0 Å². The van der Waals surface area contributed by atoms with E-state index < -0.39 is 6.04 Å². The Hall–Kier alpha value is -3.70. The van der Waals surface area contributed by atoms with Crippen molar-refractivity contribution in [2.75, 3.05) is 24.8 Å². The van der Waals surface area contributed by atoms with Crippen LogP contribution in [-0.2, 0) is 11.8 Å². The van der Waals surface area contributed by atoms with E-state index in [4.69, 9.17) is 4.74 Å². The fraction of sp³-hybridized carbons (Fsp3) is 0.261. The number of aliphatic hydroxyl groups is 1. The maximum absolute atomic E-state index is 12.6. The van der Waals surface area contributed by atoms with Crippen molar-refractivity contribution in [2.24, 2.45) is 7.05 Å². The molecule has 2 amide bonds. The lowest BCUT2D eigenvalue weighted by atomic mass is 10.1. The highest BCUT2D eigenvalue weighted by Crippen LogP contribution is 2.20. The number of nitrogens with zero attached hydrogens (tertiary/aromatic N) is 3. The number of carbonyl (C=O) groups excluding carboxylic acids is 3. The molecule has 0 aliphatic heterocycles. The minimum atomic E-state index is -0.787. The van der Waals surface area contributed by atoms with Crippen molar-refractivity contribution in [1.29, 1.82) is 0 Å². The van der Waals surface area contributed by atoms with E-state index >= 15 is 0 Å². The van der Waals surface area contributed by atoms with Crippen molar-refractivity contribution in [1.82, 2.24) is 20.1 Å². The number of benzene rings is 2. The normalized spacial score (nSPS) is 11.5. The quantitative estimate of drug-likeness (QED) is 0.295. The van der Waals surface area contributed by atoms with Crippen LogP contribution in [0.5, 0.6) is 5.75 Å². The number of ketones is 1. The second-order valence-corrected chi connectivity index (χ2v) is 8.25. The van der Waals surface area contributed by atoms with Gasteiger partial charge in [-0.05, 0) is 43.3 Å². The topological polar surface area (TPSA) is 135 Å². The fourth-order valence-corrected chi connectivity index (χ4v) is 3.79. The smallest absolute Gasteiger partial charge is 0.251 e. The molecule has 0 fully saturated rings. The molecule has 0 aliphatic rings. The van der Waals surface area contributed by atoms with Gasteiger partial charge < -0.3 is 25.0 Å². The van der Waals surface area contributed by atoms with Crippen LogP contribution in [0.15, 0.2) is 53.7 Å². The van der Waals surface area contributed by atoms with Crippen LogP contribution in [0.25, 0.3) is 0 Å². The zero-order valence-electron chi connectivity index (χ0n) is 18.9. The van der Waals surface area contributed by atoms with Gasteiger partial charge in [0, 0.05) is 23.9 Å². The van der Waals surface area contributed by atoms with Gasteiger partial charge >= 0.3 is 0 Å². The number of ether oxygens (including phenoxy) is 1. The minimum absolute atomic E-state index is 0.0538. The molecule has 0 bridgehead atoms. The van der Waals surface area contributed by atoms with Gasteiger partial charge in [0.2, 0.25) is 5.91 Å². The number of hydrogen-bond acceptors (Lipinski definition) is 8. The molecular formula is C23H25N5O5S. The van der Waals surface area contributed by atoms with Gasteiger partial charge in [-0.1, -0.05) is 23.9 Å². The Kier molecular flexibility index (Phi) is 8.39. The molecule has 3 rings (SSSR count). The zero-order chi connectivity index (χ0) is 24.7. The van der Waals surface area contributed by atoms with Gasteiger partial charge in [-0.15, -0.1) is 10.2 Å². The first-order valence-electron chi connectivity index (χ1n) is 10.3. The van der Waals surface area contributed by atoms with Crippen molar-refractivity contribution < 1.29 is 24.2 Å². The minimum Gasteiger partial charge on any atom is -0.497 e. The summed E-state index contributed by atoms with van der Waals surface area (Å²) < 4.78 is 6.70. The molecule has 0 spiro atoms. The van der Waals surface area contributed by atoms with E-state index in [-0.39, 0.29) is 30.0 Å². The first-order valence-corrected chi connectivity index (χ1v) is 11.3. The van der Waals surface area contributed by atoms with E-state index in [0.29, 0.717) is 33.5 Å². The van der Waals surface area contributed by atoms with E-state index in [1.165, 1.54) is 14.0 Å². The summed E-state index contributed by atoms with van der Waals surface area (Å²) in [5, 5.41) is 23.9. The van der Waals surface area contributed by atoms with Gasteiger partial charge in [-0.2, -0.15) is 0 Å². The predicted molar refractivity (Wildman–Crippen MR) is 127 cm³/mol. The van der Waals surface area contributed by atoms with Crippen molar-refractivity contribution in [3.63, 3.8) is 0 Å². The van der Waals surface area contributed by atoms with Gasteiger partial charge in [-0.3, -0.25) is 14.4 Å². The van der Waals surface area contributed by atoms with Crippen LogP contribution in [-0.4, -0.2) is 56.9 Å². The molecule has 1 unspecified atom stereocenters. The van der Waals surface area contributed by atoms with Crippen molar-refractivity contribution >= 4 is 35.0 Å². The number of amides is 2. The van der Waals surface area contributed by atoms with E-state index in [9.17, 15) is 19.5 Å². The monoisotopic (exact) mass is 483 g/mol. The van der Waals surface area contributed by atoms with E-state index in [0.717, 1.165) is 11.8 Å².